The molecule has 182 valence electrons. The van der Waals surface area contributed by atoms with E-state index in [0.29, 0.717) is 29.2 Å². The fourth-order valence-corrected chi connectivity index (χ4v) is 6.10. The van der Waals surface area contributed by atoms with Crippen molar-refractivity contribution in [2.24, 2.45) is 11.8 Å². The molecule has 2 aromatic carbocycles. The van der Waals surface area contributed by atoms with Gasteiger partial charge in [0, 0.05) is 32.6 Å². The van der Waals surface area contributed by atoms with Crippen LogP contribution in [0.25, 0.3) is 10.9 Å². The van der Waals surface area contributed by atoms with Crippen molar-refractivity contribution in [1.82, 2.24) is 14.7 Å². The Kier molecular flexibility index (Phi) is 7.38. The van der Waals surface area contributed by atoms with E-state index in [9.17, 15) is 8.42 Å². The molecule has 0 bridgehead atoms. The van der Waals surface area contributed by atoms with Crippen LogP contribution >= 0.6 is 0 Å². The number of fused-ring (bicyclic) bond motifs is 1. The van der Waals surface area contributed by atoms with Gasteiger partial charge in [-0.1, -0.05) is 24.3 Å². The average molecular weight is 482 g/mol. The van der Waals surface area contributed by atoms with Crippen molar-refractivity contribution in [3.63, 3.8) is 0 Å². The number of benzene rings is 2. The number of hydrogen-bond donors (Lipinski definition) is 2. The van der Waals surface area contributed by atoms with E-state index < -0.39 is 10.0 Å². The first-order valence-electron chi connectivity index (χ1n) is 12.0. The van der Waals surface area contributed by atoms with Crippen molar-refractivity contribution in [3.8, 4) is 0 Å². The normalized spacial score (nSPS) is 18.7. The first-order valence-corrected chi connectivity index (χ1v) is 13.5. The van der Waals surface area contributed by atoms with Crippen LogP contribution in [0, 0.1) is 25.7 Å². The van der Waals surface area contributed by atoms with Gasteiger partial charge in [0.2, 0.25) is 16.0 Å². The molecule has 1 aliphatic carbocycles. The Balaban J connectivity index is 1.30. The lowest BCUT2D eigenvalue weighted by Gasteiger charge is -2.29. The zero-order valence-corrected chi connectivity index (χ0v) is 21.3. The molecule has 34 heavy (non-hydrogen) atoms. The maximum atomic E-state index is 12.8. The molecule has 1 aliphatic rings. The van der Waals surface area contributed by atoms with Gasteiger partial charge in [-0.2, -0.15) is 4.98 Å². The van der Waals surface area contributed by atoms with Crippen LogP contribution in [0.1, 0.15) is 36.8 Å². The van der Waals surface area contributed by atoms with Crippen molar-refractivity contribution in [1.29, 1.82) is 0 Å². The van der Waals surface area contributed by atoms with Crippen LogP contribution in [0.4, 0.5) is 11.8 Å². The van der Waals surface area contributed by atoms with Crippen LogP contribution in [0.2, 0.25) is 0 Å². The van der Waals surface area contributed by atoms with Gasteiger partial charge >= 0.3 is 0 Å². The molecule has 0 spiro atoms. The first-order chi connectivity index (χ1) is 16.2. The Morgan fingerprint density at radius 2 is 1.62 bits per heavy atom. The van der Waals surface area contributed by atoms with Crippen LogP contribution in [0.15, 0.2) is 47.4 Å². The summed E-state index contributed by atoms with van der Waals surface area (Å²) in [7, 11) is 0.504. The Hall–Kier alpha value is -2.71. The molecule has 2 N–H and O–H groups in total. The highest BCUT2D eigenvalue weighted by Gasteiger charge is 2.24. The van der Waals surface area contributed by atoms with Crippen molar-refractivity contribution < 1.29 is 8.42 Å². The van der Waals surface area contributed by atoms with E-state index >= 15 is 0 Å². The molecule has 4 rings (SSSR count). The van der Waals surface area contributed by atoms with Crippen LogP contribution in [-0.4, -0.2) is 45.6 Å². The monoisotopic (exact) mass is 481 g/mol. The van der Waals surface area contributed by atoms with Gasteiger partial charge in [-0.3, -0.25) is 0 Å². The summed E-state index contributed by atoms with van der Waals surface area (Å²) in [6, 6.07) is 13.6. The summed E-state index contributed by atoms with van der Waals surface area (Å²) >= 11 is 0. The quantitative estimate of drug-likeness (QED) is 0.492. The number of rotatable bonds is 8. The minimum absolute atomic E-state index is 0.369. The molecule has 0 amide bonds. The van der Waals surface area contributed by atoms with Gasteiger partial charge in [0.25, 0.3) is 0 Å². The molecular weight excluding hydrogens is 446 g/mol. The molecule has 1 saturated carbocycles. The van der Waals surface area contributed by atoms with Gasteiger partial charge in [-0.15, -0.1) is 0 Å². The standard InChI is InChI=1S/C26H35N5O2S/c1-18-9-10-19(2)24(15-18)34(32,33)28-17-21-13-11-20(12-14-21)16-27-26-29-23-8-6-5-7-22(23)25(30-26)31(3)4/h5-10,15,20-21,28H,11-14,16-17H2,1-4H3,(H,27,29,30)/t20-,21-. The number of para-hydroxylation sites is 1. The lowest BCUT2D eigenvalue weighted by atomic mass is 9.82. The van der Waals surface area contributed by atoms with E-state index in [1.165, 1.54) is 0 Å². The lowest BCUT2D eigenvalue weighted by molar-refractivity contribution is 0.284. The molecule has 0 atom stereocenters. The van der Waals surface area contributed by atoms with Gasteiger partial charge < -0.3 is 10.2 Å². The third-order valence-electron chi connectivity index (χ3n) is 6.72. The SMILES string of the molecule is Cc1ccc(C)c(S(=O)(=O)NC[C@H]2CC[C@H](CNc3nc(N(C)C)c4ccccc4n3)CC2)c1. The van der Waals surface area contributed by atoms with Gasteiger partial charge in [0.05, 0.1) is 10.4 Å². The van der Waals surface area contributed by atoms with Gasteiger partial charge in [0.15, 0.2) is 0 Å². The Labute approximate surface area is 203 Å². The number of sulfonamides is 1. The van der Waals surface area contributed by atoms with Crippen LogP contribution in [-0.2, 0) is 10.0 Å². The lowest BCUT2D eigenvalue weighted by Crippen LogP contribution is -2.32. The fraction of sp³-hybridized carbons (Fsp3) is 0.462. The van der Waals surface area contributed by atoms with Gasteiger partial charge in [-0.25, -0.2) is 18.1 Å². The highest BCUT2D eigenvalue weighted by molar-refractivity contribution is 7.89. The molecule has 1 fully saturated rings. The van der Waals surface area contributed by atoms with Crippen LogP contribution in [0.3, 0.4) is 0 Å². The number of hydrogen-bond acceptors (Lipinski definition) is 6. The second kappa shape index (κ2) is 10.3. The summed E-state index contributed by atoms with van der Waals surface area (Å²) in [5, 5.41) is 4.49. The number of anilines is 2. The van der Waals surface area contributed by atoms with Gasteiger partial charge in [0.1, 0.15) is 5.82 Å². The van der Waals surface area contributed by atoms with E-state index in [-0.39, 0.29) is 0 Å². The molecule has 1 aromatic heterocycles. The minimum atomic E-state index is -3.48. The summed E-state index contributed by atoms with van der Waals surface area (Å²) in [5.74, 6) is 2.47. The first kappa shape index (κ1) is 24.4. The third kappa shape index (κ3) is 5.67. The third-order valence-corrected chi connectivity index (χ3v) is 8.28. The number of aryl methyl sites for hydroxylation is 2. The maximum absolute atomic E-state index is 12.8. The predicted molar refractivity (Wildman–Crippen MR) is 139 cm³/mol. The van der Waals surface area contributed by atoms with Crippen molar-refractivity contribution in [2.75, 3.05) is 37.4 Å². The Morgan fingerprint density at radius 3 is 2.32 bits per heavy atom. The minimum Gasteiger partial charge on any atom is -0.362 e. The largest absolute Gasteiger partial charge is 0.362 e. The van der Waals surface area contributed by atoms with Crippen molar-refractivity contribution in [2.45, 2.75) is 44.4 Å². The Morgan fingerprint density at radius 1 is 0.941 bits per heavy atom. The van der Waals surface area contributed by atoms with Gasteiger partial charge in [-0.05, 0) is 80.7 Å². The number of nitrogens with zero attached hydrogens (tertiary/aromatic N) is 3. The summed E-state index contributed by atoms with van der Waals surface area (Å²) in [6.45, 7) is 5.08. The number of aromatic nitrogens is 2. The van der Waals surface area contributed by atoms with E-state index in [0.717, 1.165) is 60.1 Å². The summed E-state index contributed by atoms with van der Waals surface area (Å²) in [6.07, 6.45) is 4.17. The fourth-order valence-electron chi connectivity index (χ4n) is 4.66. The van der Waals surface area contributed by atoms with Crippen molar-refractivity contribution >= 4 is 32.7 Å². The molecule has 8 heteroatoms. The molecule has 0 saturated heterocycles. The van der Waals surface area contributed by atoms with E-state index in [1.54, 1.807) is 6.07 Å². The molecule has 0 radical (unpaired) electrons. The summed E-state index contributed by atoms with van der Waals surface area (Å²) in [5.41, 5.74) is 2.66. The maximum Gasteiger partial charge on any atom is 0.240 e. The van der Waals surface area contributed by atoms with E-state index in [4.69, 9.17) is 9.97 Å². The molecule has 3 aromatic rings. The second-order valence-electron chi connectivity index (χ2n) is 9.67. The Bertz CT molecular complexity index is 1250. The molecule has 1 heterocycles. The van der Waals surface area contributed by atoms with Crippen LogP contribution in [0.5, 0.6) is 0 Å². The summed E-state index contributed by atoms with van der Waals surface area (Å²) in [4.78, 5) is 11.8. The van der Waals surface area contributed by atoms with Crippen LogP contribution < -0.4 is 14.9 Å². The van der Waals surface area contributed by atoms with E-state index in [2.05, 4.69) is 10.0 Å². The smallest absolute Gasteiger partial charge is 0.240 e. The molecule has 7 nitrogen and oxygen atoms in total. The summed E-state index contributed by atoms with van der Waals surface area (Å²) < 4.78 is 28.5. The highest BCUT2D eigenvalue weighted by Crippen LogP contribution is 2.30. The zero-order chi connectivity index (χ0) is 24.3. The average Bonchev–Trinajstić information content (AvgIpc) is 2.83. The second-order valence-corrected chi connectivity index (χ2v) is 11.4. The highest BCUT2D eigenvalue weighted by atomic mass is 32.2. The van der Waals surface area contributed by atoms with E-state index in [1.807, 2.05) is 69.2 Å². The molecular formula is C26H35N5O2S. The van der Waals surface area contributed by atoms with Crippen molar-refractivity contribution in [3.05, 3.63) is 53.6 Å². The molecule has 0 unspecified atom stereocenters. The zero-order valence-electron chi connectivity index (χ0n) is 20.5. The molecule has 0 aliphatic heterocycles. The predicted octanol–water partition coefficient (Wildman–Crippen LogP) is 4.51. The topological polar surface area (TPSA) is 87.2 Å². The number of nitrogens with one attached hydrogen (secondary N) is 2.